The van der Waals surface area contributed by atoms with Crippen molar-refractivity contribution in [1.29, 1.82) is 0 Å². The Labute approximate surface area is 216 Å². The van der Waals surface area contributed by atoms with E-state index < -0.39 is 0 Å². The van der Waals surface area contributed by atoms with E-state index in [0.29, 0.717) is 0 Å². The zero-order valence-corrected chi connectivity index (χ0v) is 20.7. The summed E-state index contributed by atoms with van der Waals surface area (Å²) in [6.07, 6.45) is 0. The van der Waals surface area contributed by atoms with Gasteiger partial charge in [0.15, 0.2) is 0 Å². The molecule has 0 aliphatic carbocycles. The molecule has 0 bridgehead atoms. The molecule has 0 fully saturated rings. The smallest absolute Gasteiger partial charge is 0.0547 e. The van der Waals surface area contributed by atoms with Gasteiger partial charge in [0.2, 0.25) is 0 Å². The van der Waals surface area contributed by atoms with Gasteiger partial charge in [-0.2, -0.15) is 0 Å². The molecule has 176 valence electrons. The summed E-state index contributed by atoms with van der Waals surface area (Å²) in [6, 6.07) is 50.1. The number of nitrogens with zero attached hydrogens (tertiary/aromatic N) is 2. The Kier molecular flexibility index (Phi) is 5.04. The first-order valence-electron chi connectivity index (χ1n) is 12.7. The molecule has 2 heteroatoms. The SMILES string of the molecule is CN(c1ccccc1)c1ccc(-c2cccc3c2c2cc4ccccc4cc2n3-c2ccccc2)cc1. The molecule has 7 aromatic rings. The van der Waals surface area contributed by atoms with Crippen LogP contribution >= 0.6 is 0 Å². The lowest BCUT2D eigenvalue weighted by Crippen LogP contribution is -2.08. The van der Waals surface area contributed by atoms with Crippen molar-refractivity contribution < 1.29 is 0 Å². The topological polar surface area (TPSA) is 8.17 Å². The van der Waals surface area contributed by atoms with Crippen LogP contribution in [0, 0.1) is 0 Å². The van der Waals surface area contributed by atoms with Crippen molar-refractivity contribution >= 4 is 44.0 Å². The molecular formula is C35H26N2. The molecule has 0 saturated carbocycles. The van der Waals surface area contributed by atoms with E-state index in [0.717, 1.165) is 0 Å². The van der Waals surface area contributed by atoms with Crippen molar-refractivity contribution in [3.8, 4) is 16.8 Å². The van der Waals surface area contributed by atoms with E-state index in [1.54, 1.807) is 0 Å². The number of aromatic nitrogens is 1. The Morgan fingerprint density at radius 2 is 1.14 bits per heavy atom. The van der Waals surface area contributed by atoms with Crippen molar-refractivity contribution in [1.82, 2.24) is 4.57 Å². The molecule has 1 aromatic heterocycles. The van der Waals surface area contributed by atoms with Crippen LogP contribution in [0.2, 0.25) is 0 Å². The van der Waals surface area contributed by atoms with Gasteiger partial charge in [-0.3, -0.25) is 0 Å². The summed E-state index contributed by atoms with van der Waals surface area (Å²) in [5, 5.41) is 5.08. The van der Waals surface area contributed by atoms with E-state index >= 15 is 0 Å². The van der Waals surface area contributed by atoms with Crippen LogP contribution in [0.4, 0.5) is 11.4 Å². The second-order valence-corrected chi connectivity index (χ2v) is 9.53. The predicted octanol–water partition coefficient (Wildman–Crippen LogP) is 9.37. The van der Waals surface area contributed by atoms with Gasteiger partial charge in [0.25, 0.3) is 0 Å². The molecule has 7 rings (SSSR count). The van der Waals surface area contributed by atoms with Crippen LogP contribution in [0.15, 0.2) is 140 Å². The van der Waals surface area contributed by atoms with E-state index in [2.05, 4.69) is 156 Å². The minimum Gasteiger partial charge on any atom is -0.345 e. The Morgan fingerprint density at radius 1 is 0.514 bits per heavy atom. The van der Waals surface area contributed by atoms with Crippen molar-refractivity contribution in [2.75, 3.05) is 11.9 Å². The van der Waals surface area contributed by atoms with Crippen LogP contribution in [-0.2, 0) is 0 Å². The number of fused-ring (bicyclic) bond motifs is 4. The first-order valence-corrected chi connectivity index (χ1v) is 12.7. The Morgan fingerprint density at radius 3 is 1.86 bits per heavy atom. The highest BCUT2D eigenvalue weighted by molar-refractivity contribution is 6.18. The van der Waals surface area contributed by atoms with E-state index in [-0.39, 0.29) is 0 Å². The largest absolute Gasteiger partial charge is 0.345 e. The number of hydrogen-bond acceptors (Lipinski definition) is 1. The van der Waals surface area contributed by atoms with Gasteiger partial charge >= 0.3 is 0 Å². The van der Waals surface area contributed by atoms with Gasteiger partial charge in [-0.05, 0) is 76.5 Å². The summed E-state index contributed by atoms with van der Waals surface area (Å²) in [5.74, 6) is 0. The van der Waals surface area contributed by atoms with Gasteiger partial charge in [-0.1, -0.05) is 84.9 Å². The molecule has 6 aromatic carbocycles. The molecule has 0 aliphatic heterocycles. The zero-order valence-electron chi connectivity index (χ0n) is 20.7. The fourth-order valence-corrected chi connectivity index (χ4v) is 5.51. The Balaban J connectivity index is 1.46. The molecule has 2 nitrogen and oxygen atoms in total. The fourth-order valence-electron chi connectivity index (χ4n) is 5.51. The second-order valence-electron chi connectivity index (χ2n) is 9.53. The molecule has 0 amide bonds. The Bertz CT molecular complexity index is 1860. The zero-order chi connectivity index (χ0) is 24.8. The molecule has 37 heavy (non-hydrogen) atoms. The van der Waals surface area contributed by atoms with E-state index in [9.17, 15) is 0 Å². The first kappa shape index (κ1) is 21.5. The van der Waals surface area contributed by atoms with Crippen LogP contribution in [0.25, 0.3) is 49.4 Å². The van der Waals surface area contributed by atoms with Crippen molar-refractivity contribution in [2.45, 2.75) is 0 Å². The number of benzene rings is 6. The molecule has 0 radical (unpaired) electrons. The second kappa shape index (κ2) is 8.69. The number of hydrogen-bond donors (Lipinski definition) is 0. The molecule has 0 N–H and O–H groups in total. The molecule has 1 heterocycles. The average molecular weight is 475 g/mol. The summed E-state index contributed by atoms with van der Waals surface area (Å²) < 4.78 is 2.40. The number of rotatable bonds is 4. The molecule has 0 saturated heterocycles. The number of anilines is 2. The van der Waals surface area contributed by atoms with E-state index in [1.165, 1.54) is 60.8 Å². The van der Waals surface area contributed by atoms with Gasteiger partial charge in [0, 0.05) is 34.9 Å². The van der Waals surface area contributed by atoms with Gasteiger partial charge in [0.05, 0.1) is 11.0 Å². The highest BCUT2D eigenvalue weighted by Gasteiger charge is 2.17. The van der Waals surface area contributed by atoms with Gasteiger partial charge < -0.3 is 9.47 Å². The molecule has 0 atom stereocenters. The summed E-state index contributed by atoms with van der Waals surface area (Å²) in [6.45, 7) is 0. The quantitative estimate of drug-likeness (QED) is 0.247. The van der Waals surface area contributed by atoms with Crippen molar-refractivity contribution in [2.24, 2.45) is 0 Å². The van der Waals surface area contributed by atoms with Gasteiger partial charge in [0.1, 0.15) is 0 Å². The maximum atomic E-state index is 2.40. The molecule has 0 unspecified atom stereocenters. The molecule has 0 spiro atoms. The summed E-state index contributed by atoms with van der Waals surface area (Å²) in [4.78, 5) is 2.22. The minimum atomic E-state index is 1.17. The normalized spacial score (nSPS) is 11.4. The van der Waals surface area contributed by atoms with Crippen molar-refractivity contribution in [3.05, 3.63) is 140 Å². The molecule has 0 aliphatic rings. The highest BCUT2D eigenvalue weighted by atomic mass is 15.1. The van der Waals surface area contributed by atoms with Crippen LogP contribution in [0.3, 0.4) is 0 Å². The average Bonchev–Trinajstić information content (AvgIpc) is 3.30. The van der Waals surface area contributed by atoms with E-state index in [4.69, 9.17) is 0 Å². The third kappa shape index (κ3) is 3.57. The third-order valence-corrected chi connectivity index (χ3v) is 7.38. The van der Waals surface area contributed by atoms with Crippen LogP contribution in [0.1, 0.15) is 0 Å². The highest BCUT2D eigenvalue weighted by Crippen LogP contribution is 2.40. The van der Waals surface area contributed by atoms with Gasteiger partial charge in [-0.25, -0.2) is 0 Å². The van der Waals surface area contributed by atoms with E-state index in [1.807, 2.05) is 0 Å². The lowest BCUT2D eigenvalue weighted by atomic mass is 9.98. The monoisotopic (exact) mass is 474 g/mol. The van der Waals surface area contributed by atoms with Crippen LogP contribution in [0.5, 0.6) is 0 Å². The lowest BCUT2D eigenvalue weighted by Gasteiger charge is -2.19. The summed E-state index contributed by atoms with van der Waals surface area (Å²) in [7, 11) is 2.11. The molecular weight excluding hydrogens is 448 g/mol. The first-order chi connectivity index (χ1) is 18.3. The summed E-state index contributed by atoms with van der Waals surface area (Å²) >= 11 is 0. The van der Waals surface area contributed by atoms with Gasteiger partial charge in [-0.15, -0.1) is 0 Å². The third-order valence-electron chi connectivity index (χ3n) is 7.38. The summed E-state index contributed by atoms with van der Waals surface area (Å²) in [5.41, 5.74) is 8.44. The Hall–Kier alpha value is -4.82. The number of para-hydroxylation sites is 2. The predicted molar refractivity (Wildman–Crippen MR) is 158 cm³/mol. The maximum absolute atomic E-state index is 2.40. The minimum absolute atomic E-state index is 1.17. The standard InChI is InChI=1S/C35H26N2/c1-36(28-13-4-2-5-14-28)29-21-19-25(20-22-29)31-17-10-18-33-35(31)32-23-26-11-8-9-12-27(26)24-34(32)37(33)30-15-6-3-7-16-30/h2-24H,1H3. The van der Waals surface area contributed by atoms with Crippen molar-refractivity contribution in [3.63, 3.8) is 0 Å². The van der Waals surface area contributed by atoms with Crippen LogP contribution < -0.4 is 4.90 Å². The lowest BCUT2D eigenvalue weighted by molar-refractivity contribution is 1.18. The fraction of sp³-hybridized carbons (Fsp3) is 0.0286. The van der Waals surface area contributed by atoms with Crippen LogP contribution in [-0.4, -0.2) is 11.6 Å². The maximum Gasteiger partial charge on any atom is 0.0547 e.